The number of nitrogens with zero attached hydrogens (tertiary/aromatic N) is 2. The maximum atomic E-state index is 11.2. The molecule has 1 aliphatic rings. The molecular formula is C15H17N2O2S2-. The maximum Gasteiger partial charge on any atom is 0.128 e. The monoisotopic (exact) mass is 321 g/mol. The molecule has 0 radical (unpaired) electrons. The molecule has 6 heteroatoms. The molecule has 2 heterocycles. The molecule has 2 aromatic heterocycles. The van der Waals surface area contributed by atoms with Crippen molar-refractivity contribution in [2.45, 2.75) is 49.8 Å². The van der Waals surface area contributed by atoms with E-state index in [1.807, 2.05) is 6.92 Å². The van der Waals surface area contributed by atoms with E-state index in [-0.39, 0.29) is 0 Å². The molecule has 0 aliphatic heterocycles. The van der Waals surface area contributed by atoms with Crippen LogP contribution in [-0.2, 0) is 17.6 Å². The number of hydrogen-bond donors (Lipinski definition) is 0. The van der Waals surface area contributed by atoms with Crippen molar-refractivity contribution in [1.29, 1.82) is 0 Å². The Morgan fingerprint density at radius 2 is 2.38 bits per heavy atom. The van der Waals surface area contributed by atoms with Gasteiger partial charge in [-0.15, -0.1) is 11.3 Å². The fraction of sp³-hybridized carbons (Fsp3) is 0.533. The van der Waals surface area contributed by atoms with Crippen LogP contribution in [0.5, 0.6) is 0 Å². The van der Waals surface area contributed by atoms with Crippen LogP contribution in [0, 0.1) is 5.92 Å². The average Bonchev–Trinajstić information content (AvgIpc) is 2.82. The fourth-order valence-corrected chi connectivity index (χ4v) is 5.16. The molecule has 4 nitrogen and oxygen atoms in total. The first-order valence-electron chi connectivity index (χ1n) is 7.22. The predicted octanol–water partition coefficient (Wildman–Crippen LogP) is 2.44. The highest BCUT2D eigenvalue weighted by atomic mass is 32.2. The van der Waals surface area contributed by atoms with Crippen LogP contribution < -0.4 is 5.11 Å². The van der Waals surface area contributed by atoms with Gasteiger partial charge < -0.3 is 9.90 Å². The first-order valence-corrected chi connectivity index (χ1v) is 8.92. The van der Waals surface area contributed by atoms with Gasteiger partial charge in [-0.3, -0.25) is 0 Å². The number of aromatic nitrogens is 2. The Morgan fingerprint density at radius 1 is 1.57 bits per heavy atom. The number of fused-ring (bicyclic) bond motifs is 3. The van der Waals surface area contributed by atoms with E-state index in [1.54, 1.807) is 11.3 Å². The number of aryl methyl sites for hydroxylation is 1. The number of carboxylic acid groups (broad SMARTS) is 1. The molecule has 0 amide bonds. The SMILES string of the molecule is CC[C@H](Sc1ncnc2sc3c(c12)CC[C@@H](C)C3)C(=O)[O-]. The van der Waals surface area contributed by atoms with E-state index in [9.17, 15) is 9.90 Å². The van der Waals surface area contributed by atoms with Crippen molar-refractivity contribution in [2.75, 3.05) is 0 Å². The van der Waals surface area contributed by atoms with Gasteiger partial charge in [0.1, 0.15) is 16.2 Å². The van der Waals surface area contributed by atoms with E-state index in [4.69, 9.17) is 0 Å². The van der Waals surface area contributed by atoms with E-state index in [0.29, 0.717) is 12.3 Å². The van der Waals surface area contributed by atoms with Gasteiger partial charge >= 0.3 is 0 Å². The minimum Gasteiger partial charge on any atom is -0.549 e. The van der Waals surface area contributed by atoms with Gasteiger partial charge in [0.25, 0.3) is 0 Å². The van der Waals surface area contributed by atoms with Crippen LogP contribution in [0.2, 0.25) is 0 Å². The van der Waals surface area contributed by atoms with Gasteiger partial charge in [0.2, 0.25) is 0 Å². The number of hydrogen-bond acceptors (Lipinski definition) is 6. The summed E-state index contributed by atoms with van der Waals surface area (Å²) in [5.74, 6) is -0.312. The quantitative estimate of drug-likeness (QED) is 0.639. The largest absolute Gasteiger partial charge is 0.549 e. The summed E-state index contributed by atoms with van der Waals surface area (Å²) < 4.78 is 0. The summed E-state index contributed by atoms with van der Waals surface area (Å²) in [5, 5.41) is 12.5. The minimum absolute atomic E-state index is 0.530. The lowest BCUT2D eigenvalue weighted by Gasteiger charge is -2.19. The summed E-state index contributed by atoms with van der Waals surface area (Å²) >= 11 is 3.03. The number of thioether (sulfide) groups is 1. The van der Waals surface area contributed by atoms with Crippen molar-refractivity contribution in [3.05, 3.63) is 16.8 Å². The zero-order valence-electron chi connectivity index (χ0n) is 12.1. The smallest absolute Gasteiger partial charge is 0.128 e. The van der Waals surface area contributed by atoms with E-state index < -0.39 is 11.2 Å². The number of carboxylic acids is 1. The van der Waals surface area contributed by atoms with Crippen LogP contribution in [0.25, 0.3) is 10.2 Å². The number of carbonyl (C=O) groups excluding carboxylic acids is 1. The molecule has 1 aliphatic carbocycles. The normalized spacial score (nSPS) is 19.4. The predicted molar refractivity (Wildman–Crippen MR) is 83.5 cm³/mol. The van der Waals surface area contributed by atoms with Crippen molar-refractivity contribution in [2.24, 2.45) is 5.92 Å². The lowest BCUT2D eigenvalue weighted by Crippen LogP contribution is -2.33. The Labute approximate surface area is 132 Å². The second-order valence-electron chi connectivity index (χ2n) is 5.54. The highest BCUT2D eigenvalue weighted by molar-refractivity contribution is 8.00. The van der Waals surface area contributed by atoms with Crippen LogP contribution in [0.3, 0.4) is 0 Å². The molecule has 2 aromatic rings. The van der Waals surface area contributed by atoms with Crippen molar-refractivity contribution < 1.29 is 9.90 Å². The minimum atomic E-state index is -1.02. The van der Waals surface area contributed by atoms with Gasteiger partial charge in [0.05, 0.1) is 11.2 Å². The second kappa shape index (κ2) is 5.93. The highest BCUT2D eigenvalue weighted by Gasteiger charge is 2.24. The topological polar surface area (TPSA) is 65.9 Å². The van der Waals surface area contributed by atoms with Crippen LogP contribution in [0.15, 0.2) is 11.4 Å². The van der Waals surface area contributed by atoms with Gasteiger partial charge in [-0.2, -0.15) is 0 Å². The summed E-state index contributed by atoms with van der Waals surface area (Å²) in [6, 6.07) is 0. The van der Waals surface area contributed by atoms with Gasteiger partial charge in [-0.05, 0) is 37.2 Å². The van der Waals surface area contributed by atoms with Gasteiger partial charge in [-0.25, -0.2) is 9.97 Å². The third-order valence-corrected chi connectivity index (χ3v) is 6.45. The maximum absolute atomic E-state index is 11.2. The summed E-state index contributed by atoms with van der Waals surface area (Å²) in [7, 11) is 0. The first-order chi connectivity index (χ1) is 10.1. The van der Waals surface area contributed by atoms with Gasteiger partial charge in [0, 0.05) is 10.3 Å². The van der Waals surface area contributed by atoms with E-state index in [0.717, 1.165) is 28.1 Å². The molecule has 0 N–H and O–H groups in total. The van der Waals surface area contributed by atoms with Crippen LogP contribution >= 0.6 is 23.1 Å². The lowest BCUT2D eigenvalue weighted by atomic mass is 9.89. The molecule has 21 heavy (non-hydrogen) atoms. The summed E-state index contributed by atoms with van der Waals surface area (Å²) in [4.78, 5) is 22.3. The second-order valence-corrected chi connectivity index (χ2v) is 7.82. The Kier molecular flexibility index (Phi) is 4.17. The Hall–Kier alpha value is -1.14. The molecule has 3 rings (SSSR count). The van der Waals surface area contributed by atoms with Crippen molar-refractivity contribution in [1.82, 2.24) is 9.97 Å². The fourth-order valence-electron chi connectivity index (χ4n) is 2.77. The van der Waals surface area contributed by atoms with Gasteiger partial charge in [0.15, 0.2) is 0 Å². The molecule has 0 saturated heterocycles. The molecule has 0 saturated carbocycles. The van der Waals surface area contributed by atoms with E-state index in [1.165, 1.54) is 35.0 Å². The average molecular weight is 321 g/mol. The third kappa shape index (κ3) is 2.79. The Balaban J connectivity index is 2.05. The third-order valence-electron chi connectivity index (χ3n) is 3.94. The number of thiophene rings is 1. The lowest BCUT2D eigenvalue weighted by molar-refractivity contribution is -0.304. The van der Waals surface area contributed by atoms with E-state index in [2.05, 4.69) is 16.9 Å². The number of carbonyl (C=O) groups is 1. The molecule has 0 unspecified atom stereocenters. The van der Waals surface area contributed by atoms with Crippen molar-refractivity contribution >= 4 is 39.3 Å². The van der Waals surface area contributed by atoms with Crippen LogP contribution in [0.4, 0.5) is 0 Å². The van der Waals surface area contributed by atoms with Crippen molar-refractivity contribution in [3.8, 4) is 0 Å². The standard InChI is InChI=1S/C15H18N2O2S2/c1-3-10(15(18)19)20-13-12-9-5-4-8(2)6-11(9)21-14(12)17-7-16-13/h7-8,10H,3-6H2,1-2H3,(H,18,19)/p-1/t8-,10+/m1/s1. The summed E-state index contributed by atoms with van der Waals surface area (Å²) in [5.41, 5.74) is 1.34. The Morgan fingerprint density at radius 3 is 3.10 bits per heavy atom. The summed E-state index contributed by atoms with van der Waals surface area (Å²) in [6.07, 6.45) is 5.38. The van der Waals surface area contributed by atoms with Gasteiger partial charge in [-0.1, -0.05) is 25.6 Å². The first kappa shape index (κ1) is 14.8. The van der Waals surface area contributed by atoms with E-state index >= 15 is 0 Å². The molecule has 0 bridgehead atoms. The molecule has 0 spiro atoms. The Bertz CT molecular complexity index is 684. The van der Waals surface area contributed by atoms with Crippen LogP contribution in [-0.4, -0.2) is 21.2 Å². The number of aliphatic carboxylic acids is 1. The summed E-state index contributed by atoms with van der Waals surface area (Å²) in [6.45, 7) is 4.13. The molecule has 2 atom stereocenters. The van der Waals surface area contributed by atoms with Crippen molar-refractivity contribution in [3.63, 3.8) is 0 Å². The molecule has 112 valence electrons. The molecule has 0 aromatic carbocycles. The zero-order valence-corrected chi connectivity index (χ0v) is 13.7. The zero-order chi connectivity index (χ0) is 15.0. The molecular weight excluding hydrogens is 304 g/mol. The van der Waals surface area contributed by atoms with Crippen LogP contribution in [0.1, 0.15) is 37.1 Å². The molecule has 0 fully saturated rings. The highest BCUT2D eigenvalue weighted by Crippen LogP contribution is 2.41. The number of rotatable bonds is 4.